The van der Waals surface area contributed by atoms with Crippen LogP contribution in [0.25, 0.3) is 0 Å². The lowest BCUT2D eigenvalue weighted by atomic mass is 9.77. The van der Waals surface area contributed by atoms with Crippen molar-refractivity contribution in [3.05, 3.63) is 34.4 Å². The number of hydrogen-bond donors (Lipinski definition) is 0. The average Bonchev–Trinajstić information content (AvgIpc) is 2.29. The highest BCUT2D eigenvalue weighted by Crippen LogP contribution is 2.39. The maximum Gasteiger partial charge on any atom is 0.338 e. The van der Waals surface area contributed by atoms with Crippen LogP contribution < -0.4 is 0 Å². The number of carbonyl (C=O) groups is 1. The van der Waals surface area contributed by atoms with Crippen LogP contribution in [0.4, 0.5) is 0 Å². The lowest BCUT2D eigenvalue weighted by Gasteiger charge is -2.28. The highest BCUT2D eigenvalue weighted by molar-refractivity contribution is 7.97. The summed E-state index contributed by atoms with van der Waals surface area (Å²) in [6, 6.07) is 4.23. The molecule has 1 saturated carbocycles. The van der Waals surface area contributed by atoms with E-state index in [-0.39, 0.29) is 5.97 Å². The molecule has 2 nitrogen and oxygen atoms in total. The van der Waals surface area contributed by atoms with E-state index in [4.69, 9.17) is 4.74 Å². The minimum atomic E-state index is -0.227. The van der Waals surface area contributed by atoms with E-state index in [1.165, 1.54) is 37.5 Å². The minimum Gasteiger partial charge on any atom is -0.465 e. The summed E-state index contributed by atoms with van der Waals surface area (Å²) in [7, 11) is 1.44. The normalized spacial score (nSPS) is 15.3. The van der Waals surface area contributed by atoms with E-state index < -0.39 is 0 Å². The molecule has 1 aliphatic carbocycles. The first-order valence-electron chi connectivity index (χ1n) is 6.38. The number of benzene rings is 1. The van der Waals surface area contributed by atoms with E-state index in [1.54, 1.807) is 11.8 Å². The molecule has 0 spiro atoms. The zero-order chi connectivity index (χ0) is 13.1. The summed E-state index contributed by atoms with van der Waals surface area (Å²) < 4.78 is 4.85. The van der Waals surface area contributed by atoms with Crippen molar-refractivity contribution in [2.75, 3.05) is 13.4 Å². The number of methoxy groups -OCH3 is 1. The third-order valence-corrected chi connectivity index (χ3v) is 4.34. The number of rotatable bonds is 4. The molecule has 1 aromatic carbocycles. The van der Waals surface area contributed by atoms with Gasteiger partial charge in [-0.2, -0.15) is 11.8 Å². The zero-order valence-electron chi connectivity index (χ0n) is 11.3. The Balaban J connectivity index is 2.40. The second kappa shape index (κ2) is 5.79. The molecule has 0 radical (unpaired) electrons. The predicted octanol–water partition coefficient (Wildman–Crippen LogP) is 3.91. The molecule has 0 aromatic heterocycles. The summed E-state index contributed by atoms with van der Waals surface area (Å²) in [6.45, 7) is 2.00. The van der Waals surface area contributed by atoms with Gasteiger partial charge in [-0.15, -0.1) is 0 Å². The number of thioether (sulfide) groups is 1. The molecule has 0 N–H and O–H groups in total. The van der Waals surface area contributed by atoms with Crippen LogP contribution in [0.2, 0.25) is 0 Å². The van der Waals surface area contributed by atoms with Gasteiger partial charge < -0.3 is 4.74 Å². The Hall–Kier alpha value is -0.960. The van der Waals surface area contributed by atoms with Crippen LogP contribution in [0.5, 0.6) is 0 Å². The van der Waals surface area contributed by atoms with Crippen molar-refractivity contribution >= 4 is 17.7 Å². The van der Waals surface area contributed by atoms with Gasteiger partial charge >= 0.3 is 5.97 Å². The molecule has 1 aliphatic rings. The highest BCUT2D eigenvalue weighted by atomic mass is 32.2. The average molecular weight is 264 g/mol. The number of ether oxygens (including phenoxy) is 1. The van der Waals surface area contributed by atoms with Crippen LogP contribution >= 0.6 is 11.8 Å². The summed E-state index contributed by atoms with van der Waals surface area (Å²) in [5.41, 5.74) is 4.50. The van der Waals surface area contributed by atoms with Crippen LogP contribution in [-0.2, 0) is 10.5 Å². The lowest BCUT2D eigenvalue weighted by molar-refractivity contribution is 0.0599. The Morgan fingerprint density at radius 1 is 1.44 bits per heavy atom. The van der Waals surface area contributed by atoms with Crippen molar-refractivity contribution in [1.29, 1.82) is 0 Å². The Kier molecular flexibility index (Phi) is 4.33. The summed E-state index contributed by atoms with van der Waals surface area (Å²) in [4.78, 5) is 11.7. The molecule has 1 fully saturated rings. The van der Waals surface area contributed by atoms with Gasteiger partial charge in [0.2, 0.25) is 0 Å². The third-order valence-electron chi connectivity index (χ3n) is 3.74. The van der Waals surface area contributed by atoms with Crippen LogP contribution in [0.3, 0.4) is 0 Å². The SMILES string of the molecule is COC(=O)c1cc(CSC)c(C2CCC2)cc1C. The molecule has 0 atom stereocenters. The molecule has 0 saturated heterocycles. The maximum atomic E-state index is 11.7. The van der Waals surface area contributed by atoms with E-state index in [1.807, 2.05) is 13.0 Å². The molecule has 2 rings (SSSR count). The molecule has 3 heteroatoms. The molecule has 98 valence electrons. The fourth-order valence-electron chi connectivity index (χ4n) is 2.48. The monoisotopic (exact) mass is 264 g/mol. The summed E-state index contributed by atoms with van der Waals surface area (Å²) in [5, 5.41) is 0. The third kappa shape index (κ3) is 2.56. The van der Waals surface area contributed by atoms with Crippen LogP contribution in [0.1, 0.15) is 52.2 Å². The largest absolute Gasteiger partial charge is 0.465 e. The number of esters is 1. The molecular formula is C15H20O2S. The molecule has 1 aromatic rings. The van der Waals surface area contributed by atoms with E-state index in [2.05, 4.69) is 12.3 Å². The Morgan fingerprint density at radius 2 is 2.17 bits per heavy atom. The molecule has 18 heavy (non-hydrogen) atoms. The van der Waals surface area contributed by atoms with Gasteiger partial charge in [0.05, 0.1) is 12.7 Å². The molecular weight excluding hydrogens is 244 g/mol. The Bertz CT molecular complexity index is 450. The van der Waals surface area contributed by atoms with Crippen molar-refractivity contribution < 1.29 is 9.53 Å². The van der Waals surface area contributed by atoms with Gasteiger partial charge in [-0.1, -0.05) is 12.5 Å². The van der Waals surface area contributed by atoms with Crippen LogP contribution in [0.15, 0.2) is 12.1 Å². The van der Waals surface area contributed by atoms with Crippen molar-refractivity contribution in [2.24, 2.45) is 0 Å². The van der Waals surface area contributed by atoms with E-state index in [0.717, 1.165) is 11.3 Å². The standard InChI is InChI=1S/C15H20O2S/c1-10-7-14(11-5-4-6-11)12(9-18-3)8-13(10)15(16)17-2/h7-8,11H,4-6,9H2,1-3H3. The Labute approximate surface area is 113 Å². The summed E-state index contributed by atoms with van der Waals surface area (Å²) in [5.74, 6) is 1.45. The fraction of sp³-hybridized carbons (Fsp3) is 0.533. The second-order valence-electron chi connectivity index (χ2n) is 4.92. The first kappa shape index (κ1) is 13.5. The predicted molar refractivity (Wildman–Crippen MR) is 76.3 cm³/mol. The van der Waals surface area contributed by atoms with Gasteiger partial charge in [0.1, 0.15) is 0 Å². The van der Waals surface area contributed by atoms with Crippen molar-refractivity contribution in [2.45, 2.75) is 37.9 Å². The number of carbonyl (C=O) groups excluding carboxylic acids is 1. The van der Waals surface area contributed by atoms with Gasteiger partial charge in [0, 0.05) is 5.75 Å². The fourth-order valence-corrected chi connectivity index (χ4v) is 3.05. The van der Waals surface area contributed by atoms with Gasteiger partial charge in [0.15, 0.2) is 0 Å². The van der Waals surface area contributed by atoms with E-state index in [0.29, 0.717) is 11.5 Å². The number of aryl methyl sites for hydroxylation is 1. The highest BCUT2D eigenvalue weighted by Gasteiger charge is 2.24. The van der Waals surface area contributed by atoms with Crippen molar-refractivity contribution in [3.63, 3.8) is 0 Å². The maximum absolute atomic E-state index is 11.7. The molecule has 0 unspecified atom stereocenters. The molecule has 0 heterocycles. The lowest BCUT2D eigenvalue weighted by Crippen LogP contribution is -2.13. The van der Waals surface area contributed by atoms with E-state index in [9.17, 15) is 4.79 Å². The van der Waals surface area contributed by atoms with Crippen molar-refractivity contribution in [1.82, 2.24) is 0 Å². The minimum absolute atomic E-state index is 0.227. The van der Waals surface area contributed by atoms with Gasteiger partial charge in [-0.3, -0.25) is 0 Å². The molecule has 0 aliphatic heterocycles. The van der Waals surface area contributed by atoms with Gasteiger partial charge in [-0.05, 0) is 54.7 Å². The zero-order valence-corrected chi connectivity index (χ0v) is 12.1. The summed E-state index contributed by atoms with van der Waals surface area (Å²) >= 11 is 1.80. The molecule has 0 bridgehead atoms. The quantitative estimate of drug-likeness (QED) is 0.771. The van der Waals surface area contributed by atoms with Gasteiger partial charge in [0.25, 0.3) is 0 Å². The van der Waals surface area contributed by atoms with Crippen molar-refractivity contribution in [3.8, 4) is 0 Å². The first-order valence-corrected chi connectivity index (χ1v) is 7.77. The number of hydrogen-bond acceptors (Lipinski definition) is 3. The van der Waals surface area contributed by atoms with Crippen LogP contribution in [-0.4, -0.2) is 19.3 Å². The van der Waals surface area contributed by atoms with E-state index >= 15 is 0 Å². The van der Waals surface area contributed by atoms with Crippen LogP contribution in [0, 0.1) is 6.92 Å². The molecule has 0 amide bonds. The van der Waals surface area contributed by atoms with Gasteiger partial charge in [-0.25, -0.2) is 4.79 Å². The first-order chi connectivity index (χ1) is 8.67. The summed E-state index contributed by atoms with van der Waals surface area (Å²) in [6.07, 6.45) is 6.01. The topological polar surface area (TPSA) is 26.3 Å². The second-order valence-corrected chi connectivity index (χ2v) is 5.78. The smallest absolute Gasteiger partial charge is 0.338 e. The Morgan fingerprint density at radius 3 is 2.67 bits per heavy atom.